The second-order valence-corrected chi connectivity index (χ2v) is 11.2. The van der Waals surface area contributed by atoms with Crippen molar-refractivity contribution in [2.75, 3.05) is 26.4 Å². The minimum absolute atomic E-state index is 0.702. The molecule has 4 fully saturated rings. The highest BCUT2D eigenvalue weighted by molar-refractivity contribution is 4.96. The molecule has 14 N–H and O–H groups in total. The molecule has 0 aromatic rings. The van der Waals surface area contributed by atoms with E-state index in [-0.39, 0.29) is 0 Å². The number of hydrogen-bond donors (Lipinski definition) is 14. The fourth-order valence-electron chi connectivity index (χ4n) is 5.33. The second kappa shape index (κ2) is 15.6. The van der Waals surface area contributed by atoms with Gasteiger partial charge in [-0.15, -0.1) is 0 Å². The highest BCUT2D eigenvalue weighted by Gasteiger charge is 2.52. The molecule has 21 heteroatoms. The maximum atomic E-state index is 11.1. The first-order chi connectivity index (χ1) is 21.2. The monoisotopic (exact) mass is 666 g/mol. The van der Waals surface area contributed by atoms with Crippen LogP contribution in [0.25, 0.3) is 0 Å². The first-order valence-electron chi connectivity index (χ1n) is 14.1. The van der Waals surface area contributed by atoms with Crippen molar-refractivity contribution in [3.05, 3.63) is 0 Å². The van der Waals surface area contributed by atoms with E-state index in [0.717, 1.165) is 0 Å². The molecule has 4 heterocycles. The van der Waals surface area contributed by atoms with E-state index in [1.807, 2.05) is 0 Å². The summed E-state index contributed by atoms with van der Waals surface area (Å²) < 4.78 is 37.7. The Labute approximate surface area is 254 Å². The summed E-state index contributed by atoms with van der Waals surface area (Å²) in [5, 5.41) is 142. The number of ether oxygens (including phenoxy) is 7. The fourth-order valence-corrected chi connectivity index (χ4v) is 5.33. The molecule has 45 heavy (non-hydrogen) atoms. The van der Waals surface area contributed by atoms with Gasteiger partial charge in [0.15, 0.2) is 25.2 Å². The van der Waals surface area contributed by atoms with Gasteiger partial charge in [-0.05, 0) is 0 Å². The van der Waals surface area contributed by atoms with Crippen LogP contribution >= 0.6 is 0 Å². The van der Waals surface area contributed by atoms with E-state index in [4.69, 9.17) is 33.2 Å². The molecule has 0 aliphatic carbocycles. The SMILES string of the molecule is OC[C@H]1O[C@@H](OC[C@H]2O[C@@H](OC[C@H]3OC(O)[C@H](O)[C@@H](O)[C@H]3O)[C@H](O)[C@@H](O[C@@H]3O[C@H](CO)[C@H](O)[C@H](O)[C@H]3O)[C@H]2O)[C@H](O)[C@@H](O)[C@H]1O. The Kier molecular flexibility index (Phi) is 12.8. The molecule has 4 saturated heterocycles. The van der Waals surface area contributed by atoms with Gasteiger partial charge in [-0.3, -0.25) is 0 Å². The minimum Gasteiger partial charge on any atom is -0.394 e. The summed E-state index contributed by atoms with van der Waals surface area (Å²) in [6, 6.07) is 0. The molecular weight excluding hydrogens is 624 g/mol. The van der Waals surface area contributed by atoms with Crippen LogP contribution in [0.15, 0.2) is 0 Å². The zero-order chi connectivity index (χ0) is 33.3. The fraction of sp³-hybridized carbons (Fsp3) is 1.00. The summed E-state index contributed by atoms with van der Waals surface area (Å²) in [5.41, 5.74) is 0. The van der Waals surface area contributed by atoms with E-state index < -0.39 is 149 Å². The zero-order valence-corrected chi connectivity index (χ0v) is 23.5. The standard InChI is InChI=1S/C24H42O21/c25-1-5-9(27)14(32)17(35)22(42-5)39-4-8-12(30)20(45-24-18(36)15(33)10(28)6(2-26)43-24)19(37)23(44-8)40-3-7-11(29)13(31)16(34)21(38)41-7/h5-38H,1-4H2/t5-,6-,7-,8-,9+,10+,11+,12+,13+,14+,15+,16-,17-,18-,19-,20+,21?,22-,23-,24+/m1/s1. The summed E-state index contributed by atoms with van der Waals surface area (Å²) in [5.74, 6) is 0. The van der Waals surface area contributed by atoms with Gasteiger partial charge in [0.25, 0.3) is 0 Å². The molecule has 4 rings (SSSR count). The van der Waals surface area contributed by atoms with Gasteiger partial charge in [0.05, 0.1) is 26.4 Å². The molecule has 4 aliphatic heterocycles. The third kappa shape index (κ3) is 7.75. The number of aliphatic hydroxyl groups excluding tert-OH is 14. The van der Waals surface area contributed by atoms with E-state index in [1.165, 1.54) is 0 Å². The second-order valence-electron chi connectivity index (χ2n) is 11.2. The van der Waals surface area contributed by atoms with Crippen molar-refractivity contribution in [2.24, 2.45) is 0 Å². The number of aliphatic hydroxyl groups is 14. The highest BCUT2D eigenvalue weighted by Crippen LogP contribution is 2.31. The van der Waals surface area contributed by atoms with Gasteiger partial charge in [-0.1, -0.05) is 0 Å². The molecular formula is C24H42O21. The molecule has 0 saturated carbocycles. The summed E-state index contributed by atoms with van der Waals surface area (Å²) in [4.78, 5) is 0. The third-order valence-electron chi connectivity index (χ3n) is 8.17. The topological polar surface area (TPSA) is 348 Å². The molecule has 0 aromatic carbocycles. The highest BCUT2D eigenvalue weighted by atomic mass is 16.8. The van der Waals surface area contributed by atoms with E-state index in [1.54, 1.807) is 0 Å². The Morgan fingerprint density at radius 1 is 0.378 bits per heavy atom. The van der Waals surface area contributed by atoms with Crippen LogP contribution in [0, 0.1) is 0 Å². The lowest BCUT2D eigenvalue weighted by molar-refractivity contribution is -0.370. The molecule has 0 amide bonds. The van der Waals surface area contributed by atoms with E-state index in [2.05, 4.69) is 0 Å². The lowest BCUT2D eigenvalue weighted by atomic mass is 9.96. The maximum absolute atomic E-state index is 11.1. The lowest BCUT2D eigenvalue weighted by Crippen LogP contribution is -2.65. The van der Waals surface area contributed by atoms with Crippen LogP contribution in [-0.4, -0.2) is 221 Å². The minimum atomic E-state index is -1.96. The Morgan fingerprint density at radius 2 is 0.778 bits per heavy atom. The first kappa shape index (κ1) is 37.0. The van der Waals surface area contributed by atoms with Crippen molar-refractivity contribution >= 4 is 0 Å². The normalized spacial score (nSPS) is 52.9. The third-order valence-corrected chi connectivity index (χ3v) is 8.17. The van der Waals surface area contributed by atoms with Crippen molar-refractivity contribution in [3.8, 4) is 0 Å². The van der Waals surface area contributed by atoms with E-state index in [0.29, 0.717) is 0 Å². The largest absolute Gasteiger partial charge is 0.394 e. The average Bonchev–Trinajstić information content (AvgIpc) is 3.02. The van der Waals surface area contributed by atoms with Crippen LogP contribution in [-0.2, 0) is 33.2 Å². The molecule has 1 unspecified atom stereocenters. The van der Waals surface area contributed by atoms with Crippen molar-refractivity contribution < 1.29 is 105 Å². The summed E-state index contributed by atoms with van der Waals surface area (Å²) in [6.45, 7) is -2.99. The van der Waals surface area contributed by atoms with Gasteiger partial charge in [0, 0.05) is 0 Å². The smallest absolute Gasteiger partial charge is 0.187 e. The Balaban J connectivity index is 1.50. The first-order valence-corrected chi connectivity index (χ1v) is 14.1. The van der Waals surface area contributed by atoms with E-state index >= 15 is 0 Å². The van der Waals surface area contributed by atoms with Crippen LogP contribution in [0.3, 0.4) is 0 Å². The summed E-state index contributed by atoms with van der Waals surface area (Å²) in [6.07, 6.45) is -35.1. The lowest BCUT2D eigenvalue weighted by Gasteiger charge is -2.47. The van der Waals surface area contributed by atoms with Crippen LogP contribution < -0.4 is 0 Å². The summed E-state index contributed by atoms with van der Waals surface area (Å²) in [7, 11) is 0. The number of hydrogen-bond acceptors (Lipinski definition) is 21. The van der Waals surface area contributed by atoms with Crippen LogP contribution in [0.5, 0.6) is 0 Å². The molecule has 21 nitrogen and oxygen atoms in total. The molecule has 0 radical (unpaired) electrons. The number of rotatable bonds is 10. The average molecular weight is 667 g/mol. The molecule has 0 spiro atoms. The van der Waals surface area contributed by atoms with Crippen molar-refractivity contribution in [1.82, 2.24) is 0 Å². The predicted octanol–water partition coefficient (Wildman–Crippen LogP) is -9.75. The molecule has 0 bridgehead atoms. The van der Waals surface area contributed by atoms with Gasteiger partial charge < -0.3 is 105 Å². The van der Waals surface area contributed by atoms with Gasteiger partial charge in [0.2, 0.25) is 0 Å². The summed E-state index contributed by atoms with van der Waals surface area (Å²) >= 11 is 0. The molecule has 20 atom stereocenters. The van der Waals surface area contributed by atoms with Crippen molar-refractivity contribution in [3.63, 3.8) is 0 Å². The molecule has 4 aliphatic rings. The van der Waals surface area contributed by atoms with Crippen molar-refractivity contribution in [1.29, 1.82) is 0 Å². The van der Waals surface area contributed by atoms with E-state index in [9.17, 15) is 71.5 Å². The quantitative estimate of drug-likeness (QED) is 0.103. The maximum Gasteiger partial charge on any atom is 0.187 e. The van der Waals surface area contributed by atoms with Crippen LogP contribution in [0.1, 0.15) is 0 Å². The van der Waals surface area contributed by atoms with Gasteiger partial charge in [-0.25, -0.2) is 0 Å². The molecule has 0 aromatic heterocycles. The Hall–Kier alpha value is -0.840. The van der Waals surface area contributed by atoms with Crippen molar-refractivity contribution in [2.45, 2.75) is 123 Å². The predicted molar refractivity (Wildman–Crippen MR) is 134 cm³/mol. The zero-order valence-electron chi connectivity index (χ0n) is 23.5. The molecule has 264 valence electrons. The van der Waals surface area contributed by atoms with Crippen LogP contribution in [0.2, 0.25) is 0 Å². The van der Waals surface area contributed by atoms with Gasteiger partial charge >= 0.3 is 0 Å². The van der Waals surface area contributed by atoms with Crippen LogP contribution in [0.4, 0.5) is 0 Å². The Morgan fingerprint density at radius 3 is 1.31 bits per heavy atom. The van der Waals surface area contributed by atoms with Gasteiger partial charge in [0.1, 0.15) is 97.7 Å². The van der Waals surface area contributed by atoms with Gasteiger partial charge in [-0.2, -0.15) is 0 Å². The Bertz CT molecular complexity index is 914.